The van der Waals surface area contributed by atoms with Crippen LogP contribution in [0.2, 0.25) is 0 Å². The van der Waals surface area contributed by atoms with Crippen molar-refractivity contribution in [3.8, 4) is 5.75 Å². The molecular weight excluding hydrogens is 266 g/mol. The van der Waals surface area contributed by atoms with Gasteiger partial charge in [-0.15, -0.1) is 0 Å². The molecule has 1 unspecified atom stereocenters. The van der Waals surface area contributed by atoms with Gasteiger partial charge in [-0.3, -0.25) is 4.79 Å². The van der Waals surface area contributed by atoms with Crippen LogP contribution < -0.4 is 5.32 Å². The summed E-state index contributed by atoms with van der Waals surface area (Å²) in [5.41, 5.74) is 1.02. The predicted octanol–water partition coefficient (Wildman–Crippen LogP) is 1.01. The number of aromatic hydroxyl groups is 1. The van der Waals surface area contributed by atoms with Crippen LogP contribution in [0.3, 0.4) is 0 Å². The van der Waals surface area contributed by atoms with E-state index in [9.17, 15) is 18.3 Å². The summed E-state index contributed by atoms with van der Waals surface area (Å²) in [4.78, 5) is 11.9. The van der Waals surface area contributed by atoms with Crippen LogP contribution in [0, 0.1) is 6.92 Å². The zero-order valence-electron chi connectivity index (χ0n) is 10.7. The van der Waals surface area contributed by atoms with Crippen molar-refractivity contribution in [1.29, 1.82) is 0 Å². The average Bonchev–Trinajstić information content (AvgIpc) is 2.65. The highest BCUT2D eigenvalue weighted by atomic mass is 32.2. The molecule has 6 heteroatoms. The average molecular weight is 283 g/mol. The molecule has 0 aliphatic carbocycles. The number of carbonyl (C=O) groups is 1. The summed E-state index contributed by atoms with van der Waals surface area (Å²) in [5.74, 6) is -0.338. The Morgan fingerprint density at radius 3 is 2.79 bits per heavy atom. The molecule has 1 aromatic rings. The molecule has 1 aliphatic rings. The molecule has 1 saturated heterocycles. The van der Waals surface area contributed by atoms with Gasteiger partial charge in [0.05, 0.1) is 16.6 Å². The van der Waals surface area contributed by atoms with Gasteiger partial charge in [0.1, 0.15) is 5.75 Å². The predicted molar refractivity (Wildman–Crippen MR) is 72.0 cm³/mol. The highest BCUT2D eigenvalue weighted by Gasteiger charge is 2.31. The van der Waals surface area contributed by atoms with Crippen molar-refractivity contribution < 1.29 is 18.3 Å². The number of benzene rings is 1. The van der Waals surface area contributed by atoms with Crippen molar-refractivity contribution in [2.45, 2.75) is 25.0 Å². The first-order valence-electron chi connectivity index (χ1n) is 6.19. The molecule has 0 spiro atoms. The van der Waals surface area contributed by atoms with Crippen molar-refractivity contribution in [2.75, 3.05) is 12.3 Å². The smallest absolute Gasteiger partial charge is 0.255 e. The Bertz CT molecular complexity index is 595. The molecule has 1 heterocycles. The Kier molecular flexibility index (Phi) is 3.80. The summed E-state index contributed by atoms with van der Waals surface area (Å²) in [6.45, 7) is 1.92. The molecule has 0 aromatic heterocycles. The van der Waals surface area contributed by atoms with Gasteiger partial charge < -0.3 is 10.4 Å². The lowest BCUT2D eigenvalue weighted by Gasteiger charge is -2.11. The van der Waals surface area contributed by atoms with Crippen molar-refractivity contribution in [1.82, 2.24) is 5.32 Å². The van der Waals surface area contributed by atoms with E-state index in [-0.39, 0.29) is 23.6 Å². The zero-order valence-corrected chi connectivity index (χ0v) is 11.5. The van der Waals surface area contributed by atoms with Crippen molar-refractivity contribution in [2.24, 2.45) is 0 Å². The molecule has 104 valence electrons. The monoisotopic (exact) mass is 283 g/mol. The number of phenolic OH excluding ortho intramolecular Hbond substituents is 1. The molecule has 1 atom stereocenters. The number of nitrogens with one attached hydrogen (secondary N) is 1. The topological polar surface area (TPSA) is 83.5 Å². The molecular formula is C13H17NO4S. The van der Waals surface area contributed by atoms with E-state index in [1.165, 1.54) is 12.1 Å². The number of amides is 1. The summed E-state index contributed by atoms with van der Waals surface area (Å²) in [7, 11) is -3.06. The lowest BCUT2D eigenvalue weighted by molar-refractivity contribution is 0.0951. The SMILES string of the molecule is Cc1ccc(C(=O)NCC2CCCS2(=O)=O)c(O)c1. The third kappa shape index (κ3) is 3.07. The Labute approximate surface area is 112 Å². The van der Waals surface area contributed by atoms with Crippen LogP contribution in [0.1, 0.15) is 28.8 Å². The minimum atomic E-state index is -3.06. The van der Waals surface area contributed by atoms with E-state index in [1.807, 2.05) is 6.92 Å². The van der Waals surface area contributed by atoms with Crippen LogP contribution >= 0.6 is 0 Å². The van der Waals surface area contributed by atoms with E-state index in [0.29, 0.717) is 12.8 Å². The fraction of sp³-hybridized carbons (Fsp3) is 0.462. The summed E-state index contributed by atoms with van der Waals surface area (Å²) < 4.78 is 23.2. The summed E-state index contributed by atoms with van der Waals surface area (Å²) in [6, 6.07) is 4.76. The largest absolute Gasteiger partial charge is 0.507 e. The molecule has 0 bridgehead atoms. The van der Waals surface area contributed by atoms with Gasteiger partial charge in [-0.1, -0.05) is 6.07 Å². The lowest BCUT2D eigenvalue weighted by Crippen LogP contribution is -2.34. The molecule has 1 amide bonds. The van der Waals surface area contributed by atoms with Gasteiger partial charge in [-0.2, -0.15) is 0 Å². The summed E-state index contributed by atoms with van der Waals surface area (Å²) in [6.07, 6.45) is 1.24. The summed E-state index contributed by atoms with van der Waals surface area (Å²) >= 11 is 0. The molecule has 1 aromatic carbocycles. The van der Waals surface area contributed by atoms with Crippen molar-refractivity contribution >= 4 is 15.7 Å². The van der Waals surface area contributed by atoms with Crippen LogP contribution in [0.5, 0.6) is 5.75 Å². The summed E-state index contributed by atoms with van der Waals surface area (Å²) in [5, 5.41) is 11.8. The molecule has 2 N–H and O–H groups in total. The highest BCUT2D eigenvalue weighted by molar-refractivity contribution is 7.92. The maximum atomic E-state index is 11.9. The van der Waals surface area contributed by atoms with Gasteiger partial charge in [0.15, 0.2) is 9.84 Å². The number of carbonyl (C=O) groups excluding carboxylic acids is 1. The fourth-order valence-corrected chi connectivity index (χ4v) is 3.99. The standard InChI is InChI=1S/C13H17NO4S/c1-9-4-5-11(12(15)7-9)13(16)14-8-10-3-2-6-19(10,17)18/h4-5,7,10,15H,2-3,6,8H2,1H3,(H,14,16). The number of hydrogen-bond donors (Lipinski definition) is 2. The fourth-order valence-electron chi connectivity index (χ4n) is 2.22. The number of aryl methyl sites for hydroxylation is 1. The second kappa shape index (κ2) is 5.21. The number of rotatable bonds is 3. The third-order valence-electron chi connectivity index (χ3n) is 3.35. The van der Waals surface area contributed by atoms with E-state index in [4.69, 9.17) is 0 Å². The molecule has 1 fully saturated rings. The number of phenols is 1. The second-order valence-electron chi connectivity index (χ2n) is 4.86. The first kappa shape index (κ1) is 13.9. The molecule has 19 heavy (non-hydrogen) atoms. The zero-order chi connectivity index (χ0) is 14.0. The van der Waals surface area contributed by atoms with E-state index in [0.717, 1.165) is 5.56 Å². The Morgan fingerprint density at radius 2 is 2.21 bits per heavy atom. The van der Waals surface area contributed by atoms with E-state index >= 15 is 0 Å². The van der Waals surface area contributed by atoms with Crippen molar-refractivity contribution in [3.05, 3.63) is 29.3 Å². The number of hydrogen-bond acceptors (Lipinski definition) is 4. The minimum Gasteiger partial charge on any atom is -0.507 e. The van der Waals surface area contributed by atoms with Crippen LogP contribution in [-0.4, -0.2) is 37.0 Å². The van der Waals surface area contributed by atoms with Crippen LogP contribution in [-0.2, 0) is 9.84 Å². The molecule has 5 nitrogen and oxygen atoms in total. The Morgan fingerprint density at radius 1 is 1.47 bits per heavy atom. The van der Waals surface area contributed by atoms with Crippen molar-refractivity contribution in [3.63, 3.8) is 0 Å². The normalized spacial score (nSPS) is 21.2. The Hall–Kier alpha value is -1.56. The maximum Gasteiger partial charge on any atom is 0.255 e. The van der Waals surface area contributed by atoms with Crippen LogP contribution in [0.4, 0.5) is 0 Å². The van der Waals surface area contributed by atoms with Gasteiger partial charge in [-0.25, -0.2) is 8.42 Å². The van der Waals surface area contributed by atoms with Gasteiger partial charge in [0.25, 0.3) is 5.91 Å². The van der Waals surface area contributed by atoms with Crippen LogP contribution in [0.15, 0.2) is 18.2 Å². The number of sulfone groups is 1. The van der Waals surface area contributed by atoms with Gasteiger partial charge in [0.2, 0.25) is 0 Å². The third-order valence-corrected chi connectivity index (χ3v) is 5.63. The quantitative estimate of drug-likeness (QED) is 0.867. The van der Waals surface area contributed by atoms with Crippen LogP contribution in [0.25, 0.3) is 0 Å². The molecule has 2 rings (SSSR count). The van der Waals surface area contributed by atoms with Gasteiger partial charge in [-0.05, 0) is 37.5 Å². The Balaban J connectivity index is 2.02. The lowest BCUT2D eigenvalue weighted by atomic mass is 10.1. The van der Waals surface area contributed by atoms with Gasteiger partial charge in [0, 0.05) is 6.54 Å². The van der Waals surface area contributed by atoms with E-state index in [2.05, 4.69) is 5.32 Å². The van der Waals surface area contributed by atoms with E-state index in [1.54, 1.807) is 6.07 Å². The first-order valence-corrected chi connectivity index (χ1v) is 7.91. The highest BCUT2D eigenvalue weighted by Crippen LogP contribution is 2.20. The molecule has 0 saturated carbocycles. The van der Waals surface area contributed by atoms with Gasteiger partial charge >= 0.3 is 0 Å². The molecule has 0 radical (unpaired) electrons. The maximum absolute atomic E-state index is 11.9. The van der Waals surface area contributed by atoms with E-state index < -0.39 is 21.0 Å². The minimum absolute atomic E-state index is 0.0909. The molecule has 1 aliphatic heterocycles. The first-order chi connectivity index (χ1) is 8.90. The second-order valence-corrected chi connectivity index (χ2v) is 7.26.